The van der Waals surface area contributed by atoms with E-state index < -0.39 is 0 Å². The molecule has 3 heterocycles. The third-order valence-corrected chi connectivity index (χ3v) is 9.06. The van der Waals surface area contributed by atoms with Crippen molar-refractivity contribution in [2.24, 2.45) is 0 Å². The summed E-state index contributed by atoms with van der Waals surface area (Å²) < 4.78 is 12.0. The van der Waals surface area contributed by atoms with Crippen molar-refractivity contribution in [3.63, 3.8) is 0 Å². The molecule has 0 saturated carbocycles. The normalized spacial score (nSPS) is 16.2. The molecule has 0 unspecified atom stereocenters. The molecule has 1 aromatic heterocycles. The Morgan fingerprint density at radius 2 is 1.80 bits per heavy atom. The summed E-state index contributed by atoms with van der Waals surface area (Å²) in [5.74, 6) is 2.15. The number of piperazine rings is 1. The number of benzene rings is 2. The monoisotopic (exact) mass is 562 g/mol. The largest absolute Gasteiger partial charge is 0.618 e. The van der Waals surface area contributed by atoms with E-state index in [1.165, 1.54) is 11.9 Å². The molecule has 2 aliphatic heterocycles. The lowest BCUT2D eigenvalue weighted by atomic mass is 10.00. The third kappa shape index (κ3) is 5.86. The van der Waals surface area contributed by atoms with Gasteiger partial charge in [-0.25, -0.2) is 0 Å². The molecule has 0 radical (unpaired) electrons. The van der Waals surface area contributed by atoms with Crippen molar-refractivity contribution >= 4 is 23.4 Å². The second kappa shape index (κ2) is 12.8. The smallest absolute Gasteiger partial charge is 0.255 e. The van der Waals surface area contributed by atoms with E-state index in [9.17, 15) is 10.0 Å². The van der Waals surface area contributed by atoms with Crippen LogP contribution < -0.4 is 19.1 Å². The number of thioether (sulfide) groups is 1. The fourth-order valence-electron chi connectivity index (χ4n) is 5.73. The van der Waals surface area contributed by atoms with Crippen molar-refractivity contribution in [3.05, 3.63) is 82.7 Å². The first-order valence-electron chi connectivity index (χ1n) is 14.0. The first kappa shape index (κ1) is 28.1. The van der Waals surface area contributed by atoms with Gasteiger partial charge in [0.15, 0.2) is 17.7 Å². The maximum Gasteiger partial charge on any atom is 0.255 e. The van der Waals surface area contributed by atoms with Gasteiger partial charge in [0.05, 0.1) is 20.3 Å². The lowest BCUT2D eigenvalue weighted by molar-refractivity contribution is -0.645. The number of nitrogens with zero attached hydrogens (tertiary/aromatic N) is 4. The average Bonchev–Trinajstić information content (AvgIpc) is 3.33. The highest BCUT2D eigenvalue weighted by atomic mass is 32.2. The predicted octanol–water partition coefficient (Wildman–Crippen LogP) is 4.75. The van der Waals surface area contributed by atoms with Gasteiger partial charge in [0.1, 0.15) is 0 Å². The molecule has 8 nitrogen and oxygen atoms in total. The molecule has 3 aromatic rings. The number of carbonyl (C=O) groups excluding carboxylic acids is 1. The molecule has 1 fully saturated rings. The Balaban J connectivity index is 1.39. The lowest BCUT2D eigenvalue weighted by Gasteiger charge is -2.36. The number of methoxy groups -OCH3 is 2. The summed E-state index contributed by atoms with van der Waals surface area (Å²) in [6.07, 6.45) is 3.12. The quantitative estimate of drug-likeness (QED) is 0.145. The molecule has 212 valence electrons. The van der Waals surface area contributed by atoms with Crippen LogP contribution in [-0.4, -0.2) is 68.4 Å². The van der Waals surface area contributed by atoms with Crippen molar-refractivity contribution in [3.8, 4) is 11.5 Å². The molecule has 0 N–H and O–H groups in total. The Morgan fingerprint density at radius 3 is 2.52 bits per heavy atom. The van der Waals surface area contributed by atoms with Crippen molar-refractivity contribution < 1.29 is 19.0 Å². The van der Waals surface area contributed by atoms with Gasteiger partial charge in [-0.3, -0.25) is 4.79 Å². The zero-order chi connectivity index (χ0) is 28.1. The van der Waals surface area contributed by atoms with Crippen LogP contribution in [0.15, 0.2) is 65.8 Å². The molecule has 5 rings (SSSR count). The van der Waals surface area contributed by atoms with Crippen LogP contribution in [-0.2, 0) is 6.54 Å². The molecule has 1 saturated heterocycles. The summed E-state index contributed by atoms with van der Waals surface area (Å²) in [6, 6.07) is 17.4. The number of rotatable bonds is 11. The molecule has 0 bridgehead atoms. The minimum Gasteiger partial charge on any atom is -0.618 e. The van der Waals surface area contributed by atoms with E-state index in [1.807, 2.05) is 47.4 Å². The van der Waals surface area contributed by atoms with Crippen LogP contribution in [0.2, 0.25) is 0 Å². The Kier molecular flexibility index (Phi) is 9.01. The molecular weight excluding hydrogens is 524 g/mol. The van der Waals surface area contributed by atoms with Gasteiger partial charge in [-0.15, -0.1) is 0 Å². The van der Waals surface area contributed by atoms with Crippen LogP contribution in [0.1, 0.15) is 47.3 Å². The molecule has 40 heavy (non-hydrogen) atoms. The van der Waals surface area contributed by atoms with E-state index in [1.54, 1.807) is 32.0 Å². The summed E-state index contributed by atoms with van der Waals surface area (Å²) in [5.41, 5.74) is 4.11. The van der Waals surface area contributed by atoms with Crippen molar-refractivity contribution in [1.29, 1.82) is 0 Å². The Hall–Kier alpha value is -3.43. The molecule has 9 heteroatoms. The Labute approximate surface area is 241 Å². The van der Waals surface area contributed by atoms with Gasteiger partial charge in [-0.2, -0.15) is 4.73 Å². The highest BCUT2D eigenvalue weighted by Crippen LogP contribution is 2.40. The Bertz CT molecular complexity index is 1330. The van der Waals surface area contributed by atoms with E-state index >= 15 is 0 Å². The van der Waals surface area contributed by atoms with Crippen LogP contribution in [0, 0.1) is 5.21 Å². The van der Waals surface area contributed by atoms with Crippen molar-refractivity contribution in [2.45, 2.75) is 37.4 Å². The molecule has 0 aliphatic carbocycles. The fourth-order valence-corrected chi connectivity index (χ4v) is 6.61. The minimum absolute atomic E-state index is 0.0666. The number of pyridine rings is 1. The summed E-state index contributed by atoms with van der Waals surface area (Å²) >= 11 is 1.54. The van der Waals surface area contributed by atoms with Crippen LogP contribution in [0.3, 0.4) is 0 Å². The van der Waals surface area contributed by atoms with Crippen LogP contribution in [0.4, 0.5) is 5.69 Å². The summed E-state index contributed by atoms with van der Waals surface area (Å²) in [4.78, 5) is 20.8. The van der Waals surface area contributed by atoms with E-state index in [0.717, 1.165) is 72.7 Å². The minimum atomic E-state index is -0.139. The maximum atomic E-state index is 13.9. The van der Waals surface area contributed by atoms with Gasteiger partial charge in [-0.1, -0.05) is 30.8 Å². The van der Waals surface area contributed by atoms with Crippen LogP contribution >= 0.6 is 11.8 Å². The number of fused-ring (bicyclic) bond motifs is 1. The summed E-state index contributed by atoms with van der Waals surface area (Å²) in [6.45, 7) is 7.85. The zero-order valence-corrected chi connectivity index (χ0v) is 24.4. The lowest BCUT2D eigenvalue weighted by Crippen LogP contribution is -2.46. The number of aromatic nitrogens is 1. The number of amides is 1. The van der Waals surface area contributed by atoms with E-state index in [4.69, 9.17) is 9.47 Å². The van der Waals surface area contributed by atoms with Crippen LogP contribution in [0.25, 0.3) is 0 Å². The van der Waals surface area contributed by atoms with E-state index in [2.05, 4.69) is 22.8 Å². The average molecular weight is 563 g/mol. The number of hydrogen-bond acceptors (Lipinski definition) is 7. The Morgan fingerprint density at radius 1 is 1.00 bits per heavy atom. The third-order valence-electron chi connectivity index (χ3n) is 7.96. The SMILES string of the molecule is CCN1CCN(c2cccc3c2CN([C@H](CCCSc2cccc[n+]2[O-])c2ccc(OC)c(OC)c2)C3=O)CC1. The fraction of sp³-hybridized carbons (Fsp3) is 0.419. The van der Waals surface area contributed by atoms with Gasteiger partial charge in [0.2, 0.25) is 0 Å². The maximum absolute atomic E-state index is 13.9. The number of hydrogen-bond donors (Lipinski definition) is 0. The predicted molar refractivity (Wildman–Crippen MR) is 158 cm³/mol. The number of carbonyl (C=O) groups is 1. The molecular formula is C31H38N4O4S. The molecule has 1 atom stereocenters. The number of likely N-dealkylation sites (N-methyl/N-ethyl adjacent to an activating group) is 1. The molecule has 2 aromatic carbocycles. The van der Waals surface area contributed by atoms with Gasteiger partial charge in [0.25, 0.3) is 10.9 Å². The van der Waals surface area contributed by atoms with E-state index in [0.29, 0.717) is 23.1 Å². The first-order chi connectivity index (χ1) is 19.5. The topological polar surface area (TPSA) is 72.2 Å². The van der Waals surface area contributed by atoms with Gasteiger partial charge in [-0.05, 0) is 55.3 Å². The van der Waals surface area contributed by atoms with Crippen LogP contribution in [0.5, 0.6) is 11.5 Å². The highest BCUT2D eigenvalue weighted by Gasteiger charge is 2.36. The standard InChI is InChI=1S/C31H38N4O4S/c1-4-32-16-18-33(19-17-32)27-10-7-9-24-25(27)22-34(31(24)36)26(23-13-14-28(38-2)29(21-23)39-3)11-8-20-40-30-12-5-6-15-35(30)37/h5-7,9-10,12-15,21,26H,4,8,11,16-20,22H2,1-3H3/t26-/m1/s1. The second-order valence-electron chi connectivity index (χ2n) is 10.1. The second-order valence-corrected chi connectivity index (χ2v) is 11.3. The summed E-state index contributed by atoms with van der Waals surface area (Å²) in [5, 5.41) is 12.8. The highest BCUT2D eigenvalue weighted by molar-refractivity contribution is 7.99. The van der Waals surface area contributed by atoms with Gasteiger partial charge in [0, 0.05) is 67.4 Å². The zero-order valence-electron chi connectivity index (χ0n) is 23.5. The van der Waals surface area contributed by atoms with Gasteiger partial charge >= 0.3 is 0 Å². The first-order valence-corrected chi connectivity index (χ1v) is 15.0. The number of anilines is 1. The summed E-state index contributed by atoms with van der Waals surface area (Å²) in [7, 11) is 3.26. The van der Waals surface area contributed by atoms with Crippen molar-refractivity contribution in [1.82, 2.24) is 9.80 Å². The molecule has 2 aliphatic rings. The number of ether oxygens (including phenoxy) is 2. The van der Waals surface area contributed by atoms with Gasteiger partial charge < -0.3 is 29.4 Å². The van der Waals surface area contributed by atoms with Crippen molar-refractivity contribution in [2.75, 3.05) is 57.6 Å². The molecule has 1 amide bonds. The van der Waals surface area contributed by atoms with E-state index in [-0.39, 0.29) is 11.9 Å². The molecule has 0 spiro atoms.